The smallest absolute Gasteiger partial charge is 0.0696 e. The Morgan fingerprint density at radius 3 is 2.58 bits per heavy atom. The SMILES string of the molecule is CC(C)C(S)[C@H]1C[C@H](C)CCO1. The van der Waals surface area contributed by atoms with Gasteiger partial charge in [0.25, 0.3) is 0 Å². The second kappa shape index (κ2) is 4.52. The molecule has 0 saturated carbocycles. The highest BCUT2D eigenvalue weighted by atomic mass is 32.1. The molecule has 0 spiro atoms. The highest BCUT2D eigenvalue weighted by Gasteiger charge is 2.26. The average molecular weight is 188 g/mol. The van der Waals surface area contributed by atoms with Crippen LogP contribution in [0.4, 0.5) is 0 Å². The van der Waals surface area contributed by atoms with Gasteiger partial charge in [-0.1, -0.05) is 20.8 Å². The lowest BCUT2D eigenvalue weighted by Gasteiger charge is -2.32. The van der Waals surface area contributed by atoms with Crippen molar-refractivity contribution in [2.75, 3.05) is 6.61 Å². The molecule has 1 aliphatic heterocycles. The van der Waals surface area contributed by atoms with Gasteiger partial charge in [0.15, 0.2) is 0 Å². The fraction of sp³-hybridized carbons (Fsp3) is 1.00. The zero-order valence-electron chi connectivity index (χ0n) is 8.29. The first-order valence-corrected chi connectivity index (χ1v) is 5.42. The predicted molar refractivity (Wildman–Crippen MR) is 55.8 cm³/mol. The van der Waals surface area contributed by atoms with E-state index in [2.05, 4.69) is 33.4 Å². The van der Waals surface area contributed by atoms with Gasteiger partial charge < -0.3 is 4.74 Å². The van der Waals surface area contributed by atoms with Crippen molar-refractivity contribution in [3.8, 4) is 0 Å². The maximum atomic E-state index is 5.70. The van der Waals surface area contributed by atoms with Crippen LogP contribution < -0.4 is 0 Å². The molecule has 1 nitrogen and oxygen atoms in total. The van der Waals surface area contributed by atoms with Gasteiger partial charge in [-0.15, -0.1) is 0 Å². The Morgan fingerprint density at radius 1 is 1.42 bits per heavy atom. The Morgan fingerprint density at radius 2 is 2.08 bits per heavy atom. The Balaban J connectivity index is 2.40. The quantitative estimate of drug-likeness (QED) is 0.656. The predicted octanol–water partition coefficient (Wildman–Crippen LogP) is 2.76. The number of ether oxygens (including phenoxy) is 1. The first-order chi connectivity index (χ1) is 5.61. The minimum absolute atomic E-state index is 0.386. The Labute approximate surface area is 81.3 Å². The molecule has 3 atom stereocenters. The van der Waals surface area contributed by atoms with E-state index < -0.39 is 0 Å². The summed E-state index contributed by atoms with van der Waals surface area (Å²) in [7, 11) is 0. The summed E-state index contributed by atoms with van der Waals surface area (Å²) in [6.07, 6.45) is 2.79. The van der Waals surface area contributed by atoms with E-state index in [1.807, 2.05) is 0 Å². The molecule has 0 amide bonds. The van der Waals surface area contributed by atoms with Crippen LogP contribution in [-0.2, 0) is 4.74 Å². The molecule has 2 heteroatoms. The number of hydrogen-bond acceptors (Lipinski definition) is 2. The first kappa shape index (κ1) is 10.4. The molecule has 1 saturated heterocycles. The molecule has 1 fully saturated rings. The molecule has 0 bridgehead atoms. The summed E-state index contributed by atoms with van der Waals surface area (Å²) in [5.41, 5.74) is 0. The van der Waals surface area contributed by atoms with Gasteiger partial charge in [-0.05, 0) is 24.7 Å². The lowest BCUT2D eigenvalue weighted by atomic mass is 9.92. The lowest BCUT2D eigenvalue weighted by molar-refractivity contribution is -0.0111. The minimum Gasteiger partial charge on any atom is -0.377 e. The van der Waals surface area contributed by atoms with Crippen LogP contribution >= 0.6 is 12.6 Å². The minimum atomic E-state index is 0.386. The number of hydrogen-bond donors (Lipinski definition) is 1. The van der Waals surface area contributed by atoms with E-state index >= 15 is 0 Å². The topological polar surface area (TPSA) is 9.23 Å². The summed E-state index contributed by atoms with van der Waals surface area (Å²) in [4.78, 5) is 0. The van der Waals surface area contributed by atoms with Crippen molar-refractivity contribution in [3.63, 3.8) is 0 Å². The first-order valence-electron chi connectivity index (χ1n) is 4.91. The fourth-order valence-electron chi connectivity index (χ4n) is 1.67. The van der Waals surface area contributed by atoms with Crippen molar-refractivity contribution in [2.24, 2.45) is 11.8 Å². The largest absolute Gasteiger partial charge is 0.377 e. The molecule has 72 valence electrons. The van der Waals surface area contributed by atoms with E-state index in [1.165, 1.54) is 12.8 Å². The van der Waals surface area contributed by atoms with E-state index in [0.717, 1.165) is 12.5 Å². The molecule has 1 unspecified atom stereocenters. The van der Waals surface area contributed by atoms with Crippen LogP contribution in [0, 0.1) is 11.8 Å². The average Bonchev–Trinajstić information content (AvgIpc) is 2.03. The van der Waals surface area contributed by atoms with E-state index in [0.29, 0.717) is 17.3 Å². The standard InChI is InChI=1S/C10H20OS/c1-7(2)10(12)9-6-8(3)4-5-11-9/h7-10,12H,4-6H2,1-3H3/t8-,9-,10?/m1/s1. The summed E-state index contributed by atoms with van der Waals surface area (Å²) < 4.78 is 5.70. The normalized spacial score (nSPS) is 33.8. The van der Waals surface area contributed by atoms with Gasteiger partial charge in [0, 0.05) is 11.9 Å². The molecule has 12 heavy (non-hydrogen) atoms. The molecular formula is C10H20OS. The molecule has 0 aromatic carbocycles. The lowest BCUT2D eigenvalue weighted by Crippen LogP contribution is -2.34. The summed E-state index contributed by atoms with van der Waals surface area (Å²) in [5, 5.41) is 0.410. The van der Waals surface area contributed by atoms with E-state index in [9.17, 15) is 0 Å². The van der Waals surface area contributed by atoms with Crippen molar-refractivity contribution in [2.45, 2.75) is 45.0 Å². The van der Waals surface area contributed by atoms with Crippen LogP contribution in [0.5, 0.6) is 0 Å². The molecule has 0 N–H and O–H groups in total. The van der Waals surface area contributed by atoms with Gasteiger partial charge >= 0.3 is 0 Å². The van der Waals surface area contributed by atoms with Crippen LogP contribution in [0.1, 0.15) is 33.6 Å². The maximum absolute atomic E-state index is 5.70. The number of rotatable bonds is 2. The molecule has 0 radical (unpaired) electrons. The summed E-state index contributed by atoms with van der Waals surface area (Å²) in [5.74, 6) is 1.43. The van der Waals surface area contributed by atoms with Gasteiger partial charge in [0.2, 0.25) is 0 Å². The van der Waals surface area contributed by atoms with Gasteiger partial charge in [-0.3, -0.25) is 0 Å². The highest BCUT2D eigenvalue weighted by Crippen LogP contribution is 2.27. The van der Waals surface area contributed by atoms with Crippen molar-refractivity contribution < 1.29 is 4.74 Å². The van der Waals surface area contributed by atoms with Crippen molar-refractivity contribution >= 4 is 12.6 Å². The Kier molecular flexibility index (Phi) is 3.91. The molecule has 1 aliphatic rings. The summed E-state index contributed by atoms with van der Waals surface area (Å²) in [6.45, 7) is 7.65. The van der Waals surface area contributed by atoms with Gasteiger partial charge in [0.1, 0.15) is 0 Å². The van der Waals surface area contributed by atoms with Gasteiger partial charge in [-0.2, -0.15) is 12.6 Å². The van der Waals surface area contributed by atoms with Crippen molar-refractivity contribution in [1.82, 2.24) is 0 Å². The zero-order valence-corrected chi connectivity index (χ0v) is 9.18. The van der Waals surface area contributed by atoms with Crippen LogP contribution in [0.25, 0.3) is 0 Å². The Hall–Kier alpha value is 0.310. The molecule has 0 aromatic heterocycles. The van der Waals surface area contributed by atoms with Gasteiger partial charge in [-0.25, -0.2) is 0 Å². The summed E-state index contributed by atoms with van der Waals surface area (Å²) >= 11 is 4.58. The molecule has 1 rings (SSSR count). The van der Waals surface area contributed by atoms with E-state index in [-0.39, 0.29) is 0 Å². The zero-order chi connectivity index (χ0) is 9.14. The van der Waals surface area contributed by atoms with E-state index in [1.54, 1.807) is 0 Å². The molecular weight excluding hydrogens is 168 g/mol. The van der Waals surface area contributed by atoms with E-state index in [4.69, 9.17) is 4.74 Å². The molecule has 1 heterocycles. The van der Waals surface area contributed by atoms with Crippen LogP contribution in [-0.4, -0.2) is 18.0 Å². The Bertz CT molecular complexity index is 136. The van der Waals surface area contributed by atoms with Gasteiger partial charge in [0.05, 0.1) is 6.10 Å². The third-order valence-electron chi connectivity index (χ3n) is 2.64. The molecule has 0 aliphatic carbocycles. The number of thiol groups is 1. The third-order valence-corrected chi connectivity index (χ3v) is 3.57. The maximum Gasteiger partial charge on any atom is 0.0696 e. The molecule has 0 aromatic rings. The highest BCUT2D eigenvalue weighted by molar-refractivity contribution is 7.81. The van der Waals surface area contributed by atoms with Crippen LogP contribution in [0.15, 0.2) is 0 Å². The second-order valence-corrected chi connectivity index (χ2v) is 4.87. The second-order valence-electron chi connectivity index (χ2n) is 4.27. The van der Waals surface area contributed by atoms with Crippen molar-refractivity contribution in [1.29, 1.82) is 0 Å². The summed E-state index contributed by atoms with van der Waals surface area (Å²) in [6, 6.07) is 0. The van der Waals surface area contributed by atoms with Crippen LogP contribution in [0.2, 0.25) is 0 Å². The van der Waals surface area contributed by atoms with Crippen molar-refractivity contribution in [3.05, 3.63) is 0 Å². The third kappa shape index (κ3) is 2.67. The van der Waals surface area contributed by atoms with Crippen LogP contribution in [0.3, 0.4) is 0 Å². The fourth-order valence-corrected chi connectivity index (χ4v) is 1.88. The monoisotopic (exact) mass is 188 g/mol.